The second-order valence-electron chi connectivity index (χ2n) is 4.33. The summed E-state index contributed by atoms with van der Waals surface area (Å²) in [6, 6.07) is 3.13. The molecule has 106 valence electrons. The third kappa shape index (κ3) is 2.14. The Kier molecular flexibility index (Phi) is 2.94. The highest BCUT2D eigenvalue weighted by atomic mass is 16.4. The molecule has 0 radical (unpaired) electrons. The van der Waals surface area contributed by atoms with Crippen LogP contribution in [0, 0.1) is 0 Å². The highest BCUT2D eigenvalue weighted by Crippen LogP contribution is 2.19. The molecule has 0 atom stereocenters. The van der Waals surface area contributed by atoms with Crippen LogP contribution in [0.5, 0.6) is 0 Å². The zero-order valence-corrected chi connectivity index (χ0v) is 10.6. The molecule has 0 saturated carbocycles. The van der Waals surface area contributed by atoms with Crippen LogP contribution in [-0.2, 0) is 6.54 Å². The maximum atomic E-state index is 12.1. The molecule has 1 N–H and O–H groups in total. The lowest BCUT2D eigenvalue weighted by molar-refractivity contribution is 0.0641. The van der Waals surface area contributed by atoms with Crippen LogP contribution < -0.4 is 0 Å². The Morgan fingerprint density at radius 3 is 2.71 bits per heavy atom. The van der Waals surface area contributed by atoms with Crippen molar-refractivity contribution in [2.45, 2.75) is 6.54 Å². The molecule has 3 rings (SSSR count). The number of imide groups is 1. The van der Waals surface area contributed by atoms with Crippen molar-refractivity contribution >= 4 is 17.8 Å². The number of aromatic carboxylic acids is 1. The van der Waals surface area contributed by atoms with Gasteiger partial charge in [-0.2, -0.15) is 0 Å². The van der Waals surface area contributed by atoms with Gasteiger partial charge in [0.15, 0.2) is 5.69 Å². The maximum absolute atomic E-state index is 12.1. The Labute approximate surface area is 117 Å². The van der Waals surface area contributed by atoms with Crippen LogP contribution in [0.3, 0.4) is 0 Å². The number of carbonyl (C=O) groups is 3. The standard InChI is InChI=1S/C12H9N5O4/c18-10-7-2-1-3-13-9(7)11(19)17(10)5-4-16-6-8(12(20)21)14-15-16/h1-3,6H,4-5H2,(H,20,21). The number of amides is 2. The monoisotopic (exact) mass is 287 g/mol. The van der Waals surface area contributed by atoms with Gasteiger partial charge >= 0.3 is 5.97 Å². The van der Waals surface area contributed by atoms with Gasteiger partial charge in [-0.25, -0.2) is 9.48 Å². The van der Waals surface area contributed by atoms with Crippen LogP contribution in [0.25, 0.3) is 0 Å². The molecule has 2 aromatic heterocycles. The van der Waals surface area contributed by atoms with Crippen molar-refractivity contribution < 1.29 is 19.5 Å². The van der Waals surface area contributed by atoms with Crippen molar-refractivity contribution in [3.63, 3.8) is 0 Å². The molecule has 0 spiro atoms. The summed E-state index contributed by atoms with van der Waals surface area (Å²) >= 11 is 0. The first-order valence-corrected chi connectivity index (χ1v) is 6.02. The number of hydrogen-bond donors (Lipinski definition) is 1. The summed E-state index contributed by atoms with van der Waals surface area (Å²) in [7, 11) is 0. The molecule has 1 aliphatic heterocycles. The molecule has 9 nitrogen and oxygen atoms in total. The smallest absolute Gasteiger partial charge is 0.358 e. The van der Waals surface area contributed by atoms with Gasteiger partial charge in [-0.05, 0) is 12.1 Å². The number of carboxylic acids is 1. The molecule has 2 aromatic rings. The van der Waals surface area contributed by atoms with Crippen molar-refractivity contribution in [2.24, 2.45) is 0 Å². The average Bonchev–Trinajstić information content (AvgIpc) is 3.03. The fourth-order valence-corrected chi connectivity index (χ4v) is 2.02. The average molecular weight is 287 g/mol. The molecule has 0 fully saturated rings. The minimum Gasteiger partial charge on any atom is -0.476 e. The molecular formula is C12H9N5O4. The van der Waals surface area contributed by atoms with Crippen LogP contribution in [0.1, 0.15) is 31.3 Å². The van der Waals surface area contributed by atoms with E-state index in [1.807, 2.05) is 0 Å². The van der Waals surface area contributed by atoms with E-state index in [1.165, 1.54) is 17.1 Å². The summed E-state index contributed by atoms with van der Waals surface area (Å²) in [5, 5.41) is 15.8. The molecule has 9 heteroatoms. The first-order valence-electron chi connectivity index (χ1n) is 6.02. The van der Waals surface area contributed by atoms with Crippen molar-refractivity contribution in [1.82, 2.24) is 24.9 Å². The summed E-state index contributed by atoms with van der Waals surface area (Å²) in [4.78, 5) is 39.8. The van der Waals surface area contributed by atoms with Gasteiger partial charge < -0.3 is 5.11 Å². The van der Waals surface area contributed by atoms with E-state index in [9.17, 15) is 14.4 Å². The lowest BCUT2D eigenvalue weighted by atomic mass is 10.2. The van der Waals surface area contributed by atoms with E-state index < -0.39 is 17.8 Å². The van der Waals surface area contributed by atoms with Gasteiger partial charge in [-0.15, -0.1) is 5.10 Å². The summed E-state index contributed by atoms with van der Waals surface area (Å²) in [6.07, 6.45) is 2.68. The van der Waals surface area contributed by atoms with Gasteiger partial charge in [0, 0.05) is 12.7 Å². The van der Waals surface area contributed by atoms with Crippen LogP contribution in [0.4, 0.5) is 0 Å². The molecule has 21 heavy (non-hydrogen) atoms. The quantitative estimate of drug-likeness (QED) is 0.764. The number of hydrogen-bond acceptors (Lipinski definition) is 6. The minimum absolute atomic E-state index is 0.0659. The molecule has 0 unspecified atom stereocenters. The normalized spacial score (nSPS) is 13.6. The molecule has 1 aliphatic rings. The van der Waals surface area contributed by atoms with Crippen LogP contribution in [-0.4, -0.2) is 54.3 Å². The minimum atomic E-state index is -1.19. The fourth-order valence-electron chi connectivity index (χ4n) is 2.02. The van der Waals surface area contributed by atoms with Crippen molar-refractivity contribution in [3.05, 3.63) is 41.5 Å². The Balaban J connectivity index is 1.73. The Hall–Kier alpha value is -3.10. The second-order valence-corrected chi connectivity index (χ2v) is 4.33. The van der Waals surface area contributed by atoms with E-state index in [0.29, 0.717) is 0 Å². The van der Waals surface area contributed by atoms with Gasteiger partial charge in [0.2, 0.25) is 0 Å². The number of pyridine rings is 1. The Morgan fingerprint density at radius 2 is 2.05 bits per heavy atom. The summed E-state index contributed by atoms with van der Waals surface area (Å²) in [5.41, 5.74) is 0.207. The van der Waals surface area contributed by atoms with E-state index in [-0.39, 0.29) is 30.0 Å². The van der Waals surface area contributed by atoms with Gasteiger partial charge in [0.25, 0.3) is 11.8 Å². The van der Waals surface area contributed by atoms with Crippen LogP contribution in [0.15, 0.2) is 24.5 Å². The summed E-state index contributed by atoms with van der Waals surface area (Å²) < 4.78 is 1.26. The SMILES string of the molecule is O=C(O)c1cn(CCN2C(=O)c3cccnc3C2=O)nn1. The van der Waals surface area contributed by atoms with E-state index in [0.717, 1.165) is 4.90 Å². The summed E-state index contributed by atoms with van der Waals surface area (Å²) in [6.45, 7) is 0.224. The van der Waals surface area contributed by atoms with E-state index in [4.69, 9.17) is 5.11 Å². The number of nitrogens with zero attached hydrogens (tertiary/aromatic N) is 5. The van der Waals surface area contributed by atoms with E-state index in [2.05, 4.69) is 15.3 Å². The van der Waals surface area contributed by atoms with Gasteiger partial charge in [0.1, 0.15) is 5.69 Å². The zero-order chi connectivity index (χ0) is 15.0. The first-order chi connectivity index (χ1) is 10.1. The van der Waals surface area contributed by atoms with Crippen molar-refractivity contribution in [2.75, 3.05) is 6.54 Å². The third-order valence-corrected chi connectivity index (χ3v) is 3.04. The number of aromatic nitrogens is 4. The number of fused-ring (bicyclic) bond motifs is 1. The topological polar surface area (TPSA) is 118 Å². The first kappa shape index (κ1) is 12.9. The molecule has 2 amide bonds. The van der Waals surface area contributed by atoms with Crippen molar-refractivity contribution in [1.29, 1.82) is 0 Å². The number of carboxylic acid groups (broad SMARTS) is 1. The second kappa shape index (κ2) is 4.78. The fraction of sp³-hybridized carbons (Fsp3) is 0.167. The zero-order valence-electron chi connectivity index (χ0n) is 10.6. The van der Waals surface area contributed by atoms with E-state index >= 15 is 0 Å². The highest BCUT2D eigenvalue weighted by Gasteiger charge is 2.36. The lowest BCUT2D eigenvalue weighted by Gasteiger charge is -2.12. The third-order valence-electron chi connectivity index (χ3n) is 3.04. The highest BCUT2D eigenvalue weighted by molar-refractivity contribution is 6.20. The molecule has 0 saturated heterocycles. The molecule has 0 bridgehead atoms. The summed E-state index contributed by atoms with van der Waals surface area (Å²) in [5.74, 6) is -2.07. The Bertz CT molecular complexity index is 719. The van der Waals surface area contributed by atoms with Crippen LogP contribution >= 0.6 is 0 Å². The van der Waals surface area contributed by atoms with Gasteiger partial charge in [0.05, 0.1) is 18.3 Å². The predicted octanol–water partition coefficient (Wildman–Crippen LogP) is -0.332. The number of carbonyl (C=O) groups excluding carboxylic acids is 2. The van der Waals surface area contributed by atoms with Gasteiger partial charge in [-0.1, -0.05) is 5.21 Å². The van der Waals surface area contributed by atoms with E-state index in [1.54, 1.807) is 12.1 Å². The molecule has 0 aromatic carbocycles. The molecule has 0 aliphatic carbocycles. The largest absolute Gasteiger partial charge is 0.476 e. The molecule has 3 heterocycles. The molecular weight excluding hydrogens is 278 g/mol. The van der Waals surface area contributed by atoms with Gasteiger partial charge in [-0.3, -0.25) is 19.5 Å². The predicted molar refractivity (Wildman–Crippen MR) is 66.6 cm³/mol. The lowest BCUT2D eigenvalue weighted by Crippen LogP contribution is -2.33. The number of rotatable bonds is 4. The maximum Gasteiger partial charge on any atom is 0.358 e. The van der Waals surface area contributed by atoms with Crippen molar-refractivity contribution in [3.8, 4) is 0 Å². The van der Waals surface area contributed by atoms with Crippen LogP contribution in [0.2, 0.25) is 0 Å². The Morgan fingerprint density at radius 1 is 1.24 bits per heavy atom.